The molecule has 34 heavy (non-hydrogen) atoms. The van der Waals surface area contributed by atoms with Crippen LogP contribution in [0.1, 0.15) is 65.8 Å². The maximum Gasteiger partial charge on any atom is 0.341 e. The lowest BCUT2D eigenvalue weighted by Gasteiger charge is -2.38. The maximum absolute atomic E-state index is 12.8. The van der Waals surface area contributed by atoms with Crippen molar-refractivity contribution in [3.05, 3.63) is 55.9 Å². The van der Waals surface area contributed by atoms with Crippen LogP contribution in [-0.4, -0.2) is 41.5 Å². The van der Waals surface area contributed by atoms with E-state index in [9.17, 15) is 24.5 Å². The lowest BCUT2D eigenvalue weighted by atomic mass is 9.81. The van der Waals surface area contributed by atoms with Crippen molar-refractivity contribution in [3.8, 4) is 0 Å². The number of esters is 2. The summed E-state index contributed by atoms with van der Waals surface area (Å²) in [5.74, 6) is -1.91. The molecular weight excluding hydrogens is 462 g/mol. The normalized spacial score (nSPS) is 15.7. The van der Waals surface area contributed by atoms with Crippen LogP contribution in [0.3, 0.4) is 0 Å². The summed E-state index contributed by atoms with van der Waals surface area (Å²) in [4.78, 5) is 48.8. The highest BCUT2D eigenvalue weighted by atomic mass is 32.1. The van der Waals surface area contributed by atoms with Crippen molar-refractivity contribution in [2.75, 3.05) is 18.5 Å². The Balaban J connectivity index is 1.78. The van der Waals surface area contributed by atoms with Crippen LogP contribution in [-0.2, 0) is 26.2 Å². The second-order valence-corrected chi connectivity index (χ2v) is 10.3. The van der Waals surface area contributed by atoms with Crippen LogP contribution >= 0.6 is 11.3 Å². The third kappa shape index (κ3) is 5.42. The zero-order valence-electron chi connectivity index (χ0n) is 19.7. The van der Waals surface area contributed by atoms with Crippen LogP contribution in [0.5, 0.6) is 0 Å². The minimum absolute atomic E-state index is 0.0803. The van der Waals surface area contributed by atoms with Crippen molar-refractivity contribution in [1.29, 1.82) is 0 Å². The molecule has 0 spiro atoms. The predicted octanol–water partition coefficient (Wildman–Crippen LogP) is 2.76. The molecule has 11 heteroatoms. The van der Waals surface area contributed by atoms with Crippen LogP contribution in [0, 0.1) is 10.1 Å². The highest BCUT2D eigenvalue weighted by Crippen LogP contribution is 2.42. The van der Waals surface area contributed by atoms with E-state index < -0.39 is 29.4 Å². The van der Waals surface area contributed by atoms with Gasteiger partial charge in [0.2, 0.25) is 0 Å². The van der Waals surface area contributed by atoms with Gasteiger partial charge in [0.05, 0.1) is 33.1 Å². The van der Waals surface area contributed by atoms with Gasteiger partial charge in [-0.2, -0.15) is 0 Å². The average Bonchev–Trinajstić information content (AvgIpc) is 3.09. The number of thiophene rings is 1. The monoisotopic (exact) mass is 490 g/mol. The average molecular weight is 491 g/mol. The second kappa shape index (κ2) is 9.51. The molecule has 10 nitrogen and oxygen atoms in total. The number of hydrogen-bond acceptors (Lipinski definition) is 8. The van der Waals surface area contributed by atoms with Gasteiger partial charge in [0.15, 0.2) is 6.61 Å². The molecule has 2 heterocycles. The number of ether oxygens (including phenoxy) is 2. The zero-order valence-corrected chi connectivity index (χ0v) is 20.5. The van der Waals surface area contributed by atoms with E-state index in [2.05, 4.69) is 38.3 Å². The molecule has 0 radical (unpaired) electrons. The summed E-state index contributed by atoms with van der Waals surface area (Å²) in [6.07, 6.45) is 0.626. The number of benzene rings is 1. The number of quaternary nitrogens is 1. The standard InChI is InChI=1S/C23H27N3O7S/c1-6-32-21(29)17-15-11-22(2,3)25-23(4,5)18(15)34-19(17)24-16(27)12-33-20(28)13-7-9-14(10-8-13)26(30)31/h7-10,25H,6,11-12H2,1-5H3,(H,24,27)/p+1. The SMILES string of the molecule is CCOC(=O)c1c(NC(=O)COC(=O)c2ccc([N+](=O)[O-])cc2)sc2c1CC(C)(C)[NH2+]C2(C)C. The van der Waals surface area contributed by atoms with E-state index >= 15 is 0 Å². The summed E-state index contributed by atoms with van der Waals surface area (Å²) >= 11 is 1.32. The summed E-state index contributed by atoms with van der Waals surface area (Å²) in [6.45, 7) is 9.66. The Bertz CT molecular complexity index is 1140. The Morgan fingerprint density at radius 3 is 2.35 bits per heavy atom. The molecule has 1 aromatic heterocycles. The quantitative estimate of drug-likeness (QED) is 0.345. The molecule has 0 fully saturated rings. The lowest BCUT2D eigenvalue weighted by Crippen LogP contribution is -3.03. The van der Waals surface area contributed by atoms with E-state index in [4.69, 9.17) is 9.47 Å². The Morgan fingerprint density at radius 2 is 1.76 bits per heavy atom. The van der Waals surface area contributed by atoms with Crippen molar-refractivity contribution in [2.45, 2.75) is 52.1 Å². The first-order valence-electron chi connectivity index (χ1n) is 10.8. The van der Waals surface area contributed by atoms with Crippen molar-refractivity contribution in [3.63, 3.8) is 0 Å². The fourth-order valence-electron chi connectivity index (χ4n) is 4.31. The van der Waals surface area contributed by atoms with Gasteiger partial charge >= 0.3 is 11.9 Å². The van der Waals surface area contributed by atoms with E-state index in [0.29, 0.717) is 17.0 Å². The number of nitrogens with two attached hydrogens (primary N) is 1. The number of non-ortho nitro benzene ring substituents is 1. The van der Waals surface area contributed by atoms with Gasteiger partial charge in [0, 0.05) is 18.6 Å². The Labute approximate surface area is 200 Å². The number of hydrogen-bond donors (Lipinski definition) is 2. The topological polar surface area (TPSA) is 141 Å². The van der Waals surface area contributed by atoms with Crippen LogP contribution in [0.25, 0.3) is 0 Å². The third-order valence-corrected chi connectivity index (χ3v) is 6.84. The highest BCUT2D eigenvalue weighted by Gasteiger charge is 2.45. The van der Waals surface area contributed by atoms with Gasteiger partial charge in [-0.3, -0.25) is 14.9 Å². The number of anilines is 1. The lowest BCUT2D eigenvalue weighted by molar-refractivity contribution is -0.789. The summed E-state index contributed by atoms with van der Waals surface area (Å²) in [7, 11) is 0. The molecule has 0 unspecified atom stereocenters. The summed E-state index contributed by atoms with van der Waals surface area (Å²) < 4.78 is 10.3. The minimum Gasteiger partial charge on any atom is -0.462 e. The van der Waals surface area contributed by atoms with E-state index in [1.165, 1.54) is 35.6 Å². The Hall–Kier alpha value is -3.31. The second-order valence-electron chi connectivity index (χ2n) is 9.29. The molecule has 2 aromatic rings. The van der Waals surface area contributed by atoms with Crippen LogP contribution < -0.4 is 10.6 Å². The largest absolute Gasteiger partial charge is 0.462 e. The molecule has 182 valence electrons. The number of amides is 1. The molecule has 3 rings (SSSR count). The number of nitro groups is 1. The Kier molecular flexibility index (Phi) is 7.08. The molecular formula is C23H28N3O7S+. The first kappa shape index (κ1) is 25.3. The number of fused-ring (bicyclic) bond motifs is 1. The van der Waals surface area contributed by atoms with Gasteiger partial charge in [0.1, 0.15) is 10.5 Å². The molecule has 0 saturated carbocycles. The molecule has 0 aliphatic carbocycles. The summed E-state index contributed by atoms with van der Waals surface area (Å²) in [5, 5.41) is 16.0. The van der Waals surface area contributed by atoms with Gasteiger partial charge in [-0.25, -0.2) is 9.59 Å². The Morgan fingerprint density at radius 1 is 1.12 bits per heavy atom. The number of nitro benzene ring substituents is 1. The van der Waals surface area contributed by atoms with E-state index in [-0.39, 0.29) is 28.9 Å². The smallest absolute Gasteiger partial charge is 0.341 e. The maximum atomic E-state index is 12.8. The molecule has 3 N–H and O–H groups in total. The molecule has 0 atom stereocenters. The predicted molar refractivity (Wildman–Crippen MR) is 125 cm³/mol. The van der Waals surface area contributed by atoms with E-state index in [1.807, 2.05) is 0 Å². The summed E-state index contributed by atoms with van der Waals surface area (Å²) in [6, 6.07) is 4.87. The van der Waals surface area contributed by atoms with Gasteiger partial charge in [0.25, 0.3) is 11.6 Å². The number of rotatable bonds is 7. The minimum atomic E-state index is -0.793. The fraction of sp³-hybridized carbons (Fsp3) is 0.435. The van der Waals surface area contributed by atoms with Crippen LogP contribution in [0.4, 0.5) is 10.7 Å². The van der Waals surface area contributed by atoms with Gasteiger partial charge in [-0.1, -0.05) is 0 Å². The molecule has 1 aliphatic rings. The molecule has 1 aliphatic heterocycles. The zero-order chi connectivity index (χ0) is 25.3. The molecule has 0 saturated heterocycles. The number of carbonyl (C=O) groups is 3. The van der Waals surface area contributed by atoms with Crippen molar-refractivity contribution in [2.24, 2.45) is 0 Å². The molecule has 0 bridgehead atoms. The van der Waals surface area contributed by atoms with Crippen molar-refractivity contribution in [1.82, 2.24) is 0 Å². The van der Waals surface area contributed by atoms with E-state index in [0.717, 1.165) is 10.4 Å². The van der Waals surface area contributed by atoms with Crippen LogP contribution in [0.15, 0.2) is 24.3 Å². The van der Waals surface area contributed by atoms with Crippen molar-refractivity contribution < 1.29 is 34.1 Å². The highest BCUT2D eigenvalue weighted by molar-refractivity contribution is 7.17. The first-order valence-corrected chi connectivity index (χ1v) is 11.6. The fourth-order valence-corrected chi connectivity index (χ4v) is 5.60. The van der Waals surface area contributed by atoms with E-state index in [1.54, 1.807) is 6.92 Å². The molecule has 1 amide bonds. The van der Waals surface area contributed by atoms with Crippen LogP contribution in [0.2, 0.25) is 0 Å². The number of nitrogens with one attached hydrogen (secondary N) is 1. The first-order chi connectivity index (χ1) is 15.8. The third-order valence-electron chi connectivity index (χ3n) is 5.36. The van der Waals surface area contributed by atoms with Gasteiger partial charge in [-0.05, 0) is 52.3 Å². The number of carbonyl (C=O) groups excluding carboxylic acids is 3. The molecule has 1 aromatic carbocycles. The summed E-state index contributed by atoms with van der Waals surface area (Å²) in [5.41, 5.74) is 0.655. The van der Waals surface area contributed by atoms with Crippen molar-refractivity contribution >= 4 is 39.9 Å². The number of nitrogens with zero attached hydrogens (tertiary/aromatic N) is 1. The van der Waals surface area contributed by atoms with Gasteiger partial charge < -0.3 is 20.1 Å². The van der Waals surface area contributed by atoms with Gasteiger partial charge in [-0.15, -0.1) is 11.3 Å².